The Morgan fingerprint density at radius 1 is 1.42 bits per heavy atom. The molecule has 1 saturated heterocycles. The second-order valence-corrected chi connectivity index (χ2v) is 4.61. The minimum absolute atomic E-state index is 0.363. The van der Waals surface area contributed by atoms with Crippen molar-refractivity contribution in [3.8, 4) is 0 Å². The third kappa shape index (κ3) is 2.74. The lowest BCUT2D eigenvalue weighted by molar-refractivity contribution is 0.136. The Morgan fingerprint density at radius 3 is 2.67 bits per heavy atom. The Morgan fingerprint density at radius 2 is 2.08 bits per heavy atom. The van der Waals surface area contributed by atoms with E-state index < -0.39 is 0 Å². The van der Waals surface area contributed by atoms with Crippen LogP contribution in [0.15, 0.2) is 0 Å². The average molecular weight is 186 g/mol. The monoisotopic (exact) mass is 186 g/mol. The van der Waals surface area contributed by atoms with Crippen molar-refractivity contribution >= 4 is 17.3 Å². The average Bonchev–Trinajstić information content (AvgIpc) is 2.11. The molecule has 0 aromatic rings. The highest BCUT2D eigenvalue weighted by Crippen LogP contribution is 2.24. The molecule has 0 saturated carbocycles. The van der Waals surface area contributed by atoms with Crippen molar-refractivity contribution in [3.05, 3.63) is 0 Å². The molecule has 0 spiro atoms. The highest BCUT2D eigenvalue weighted by Gasteiger charge is 2.22. The van der Waals surface area contributed by atoms with E-state index >= 15 is 0 Å². The van der Waals surface area contributed by atoms with Crippen LogP contribution in [0.4, 0.5) is 0 Å². The van der Waals surface area contributed by atoms with Crippen LogP contribution in [0.25, 0.3) is 0 Å². The van der Waals surface area contributed by atoms with E-state index in [1.54, 1.807) is 0 Å². The molecule has 0 aliphatic carbocycles. The predicted octanol–water partition coefficient (Wildman–Crippen LogP) is 3.18. The van der Waals surface area contributed by atoms with Crippen molar-refractivity contribution < 1.29 is 4.74 Å². The van der Waals surface area contributed by atoms with Gasteiger partial charge < -0.3 is 4.74 Å². The van der Waals surface area contributed by atoms with Crippen LogP contribution in [0.2, 0.25) is 0 Å². The summed E-state index contributed by atoms with van der Waals surface area (Å²) in [4.78, 5) is 0. The van der Waals surface area contributed by atoms with Gasteiger partial charge in [0.2, 0.25) is 0 Å². The third-order valence-electron chi connectivity index (χ3n) is 2.49. The highest BCUT2D eigenvalue weighted by atomic mass is 32.1. The minimum atomic E-state index is 0.363. The molecule has 0 unspecified atom stereocenters. The molecule has 1 rings (SSSR count). The summed E-state index contributed by atoms with van der Waals surface area (Å²) in [7, 11) is 0. The van der Waals surface area contributed by atoms with Crippen LogP contribution < -0.4 is 0 Å². The summed E-state index contributed by atoms with van der Waals surface area (Å²) in [6.07, 6.45) is 3.75. The number of ether oxygens (including phenoxy) is 1. The van der Waals surface area contributed by atoms with Gasteiger partial charge >= 0.3 is 0 Å². The van der Waals surface area contributed by atoms with E-state index in [2.05, 4.69) is 20.8 Å². The SMILES string of the molecule is CC(C)[C@H]1CC[C@@H](C)CC(=S)O1. The topological polar surface area (TPSA) is 9.23 Å². The second kappa shape index (κ2) is 4.22. The van der Waals surface area contributed by atoms with Crippen LogP contribution >= 0.6 is 12.2 Å². The van der Waals surface area contributed by atoms with Crippen molar-refractivity contribution in [2.45, 2.75) is 46.1 Å². The Hall–Kier alpha value is -0.110. The summed E-state index contributed by atoms with van der Waals surface area (Å²) in [5.74, 6) is 1.30. The van der Waals surface area contributed by atoms with Crippen molar-refractivity contribution in [2.75, 3.05) is 0 Å². The first-order valence-electron chi connectivity index (χ1n) is 4.79. The summed E-state index contributed by atoms with van der Waals surface area (Å²) in [5, 5.41) is 0.818. The molecule has 0 N–H and O–H groups in total. The van der Waals surface area contributed by atoms with Gasteiger partial charge in [0.1, 0.15) is 6.10 Å². The van der Waals surface area contributed by atoms with Gasteiger partial charge in [-0.3, -0.25) is 0 Å². The molecular weight excluding hydrogens is 168 g/mol. The fraction of sp³-hybridized carbons (Fsp3) is 0.900. The minimum Gasteiger partial charge on any atom is -0.484 e. The van der Waals surface area contributed by atoms with Crippen LogP contribution in [0, 0.1) is 11.8 Å². The molecule has 1 aliphatic heterocycles. The molecule has 1 aliphatic rings. The molecule has 1 heterocycles. The fourth-order valence-corrected chi connectivity index (χ4v) is 1.99. The van der Waals surface area contributed by atoms with Crippen LogP contribution in [-0.4, -0.2) is 11.2 Å². The van der Waals surface area contributed by atoms with Crippen LogP contribution in [-0.2, 0) is 4.74 Å². The zero-order valence-corrected chi connectivity index (χ0v) is 8.99. The molecule has 1 fully saturated rings. The van der Waals surface area contributed by atoms with E-state index in [1.165, 1.54) is 12.8 Å². The van der Waals surface area contributed by atoms with Crippen LogP contribution in [0.3, 0.4) is 0 Å². The van der Waals surface area contributed by atoms with E-state index in [-0.39, 0.29) is 0 Å². The lowest BCUT2D eigenvalue weighted by Crippen LogP contribution is -2.20. The smallest absolute Gasteiger partial charge is 0.160 e. The zero-order chi connectivity index (χ0) is 9.14. The van der Waals surface area contributed by atoms with E-state index in [4.69, 9.17) is 17.0 Å². The Labute approximate surface area is 80.5 Å². The highest BCUT2D eigenvalue weighted by molar-refractivity contribution is 7.80. The van der Waals surface area contributed by atoms with Gasteiger partial charge in [-0.05, 0) is 36.9 Å². The number of rotatable bonds is 1. The zero-order valence-electron chi connectivity index (χ0n) is 8.17. The maximum Gasteiger partial charge on any atom is 0.160 e. The largest absolute Gasteiger partial charge is 0.484 e. The van der Waals surface area contributed by atoms with E-state index in [0.29, 0.717) is 17.9 Å². The van der Waals surface area contributed by atoms with E-state index in [9.17, 15) is 0 Å². The van der Waals surface area contributed by atoms with Crippen molar-refractivity contribution in [1.29, 1.82) is 0 Å². The summed E-state index contributed by atoms with van der Waals surface area (Å²) in [6, 6.07) is 0. The standard InChI is InChI=1S/C10H18OS/c1-7(2)9-5-4-8(3)6-10(12)11-9/h7-9H,4-6H2,1-3H3/t8-,9-/m1/s1. The van der Waals surface area contributed by atoms with E-state index in [0.717, 1.165) is 11.5 Å². The quantitative estimate of drug-likeness (QED) is 0.582. The summed E-state index contributed by atoms with van der Waals surface area (Å²) >= 11 is 5.14. The first-order valence-corrected chi connectivity index (χ1v) is 5.20. The van der Waals surface area contributed by atoms with Gasteiger partial charge in [-0.15, -0.1) is 0 Å². The fourth-order valence-electron chi connectivity index (χ4n) is 1.58. The van der Waals surface area contributed by atoms with Crippen LogP contribution in [0.5, 0.6) is 0 Å². The van der Waals surface area contributed by atoms with Gasteiger partial charge in [-0.1, -0.05) is 20.8 Å². The third-order valence-corrected chi connectivity index (χ3v) is 2.75. The Bertz CT molecular complexity index is 165. The first-order chi connectivity index (χ1) is 5.59. The van der Waals surface area contributed by atoms with Gasteiger partial charge in [-0.2, -0.15) is 0 Å². The maximum atomic E-state index is 5.67. The van der Waals surface area contributed by atoms with E-state index in [1.807, 2.05) is 0 Å². The number of thiocarbonyl (C=S) groups is 1. The second-order valence-electron chi connectivity index (χ2n) is 4.16. The first kappa shape index (κ1) is 9.97. The molecule has 2 heteroatoms. The Balaban J connectivity index is 2.52. The summed E-state index contributed by atoms with van der Waals surface area (Å²) in [5.41, 5.74) is 0. The van der Waals surface area contributed by atoms with Gasteiger partial charge in [0.05, 0.1) is 0 Å². The number of hydrogen-bond acceptors (Lipinski definition) is 2. The Kier molecular flexibility index (Phi) is 3.51. The summed E-state index contributed by atoms with van der Waals surface area (Å²) < 4.78 is 5.67. The van der Waals surface area contributed by atoms with Gasteiger partial charge in [-0.25, -0.2) is 0 Å². The molecule has 0 amide bonds. The van der Waals surface area contributed by atoms with Gasteiger partial charge in [0, 0.05) is 6.42 Å². The summed E-state index contributed by atoms with van der Waals surface area (Å²) in [6.45, 7) is 6.64. The van der Waals surface area contributed by atoms with Crippen LogP contribution in [0.1, 0.15) is 40.0 Å². The molecular formula is C10H18OS. The molecule has 0 bridgehead atoms. The number of hydrogen-bond donors (Lipinski definition) is 0. The molecule has 0 aromatic heterocycles. The normalized spacial score (nSPS) is 31.5. The van der Waals surface area contributed by atoms with Crippen molar-refractivity contribution in [3.63, 3.8) is 0 Å². The predicted molar refractivity (Wildman–Crippen MR) is 55.3 cm³/mol. The molecule has 1 nitrogen and oxygen atoms in total. The molecule has 2 atom stereocenters. The van der Waals surface area contributed by atoms with Gasteiger partial charge in [0.25, 0.3) is 0 Å². The molecule has 12 heavy (non-hydrogen) atoms. The molecule has 0 radical (unpaired) electrons. The lowest BCUT2D eigenvalue weighted by atomic mass is 9.97. The lowest BCUT2D eigenvalue weighted by Gasteiger charge is -2.19. The maximum absolute atomic E-state index is 5.67. The van der Waals surface area contributed by atoms with Crippen molar-refractivity contribution in [2.24, 2.45) is 11.8 Å². The molecule has 0 aromatic carbocycles. The van der Waals surface area contributed by atoms with Gasteiger partial charge in [0.15, 0.2) is 5.05 Å². The van der Waals surface area contributed by atoms with Crippen molar-refractivity contribution in [1.82, 2.24) is 0 Å². The molecule has 70 valence electrons.